The minimum absolute atomic E-state index is 0.239. The van der Waals surface area contributed by atoms with Gasteiger partial charge in [-0.05, 0) is 28.1 Å². The largest absolute Gasteiger partial charge is 0.266 e. The highest BCUT2D eigenvalue weighted by atomic mass is 79.9. The van der Waals surface area contributed by atoms with Gasteiger partial charge in [0.25, 0.3) is 0 Å². The van der Waals surface area contributed by atoms with E-state index in [1.165, 1.54) is 6.07 Å². The molecule has 0 radical (unpaired) electrons. The maximum absolute atomic E-state index is 13.8. The lowest BCUT2D eigenvalue weighted by Gasteiger charge is -2.04. The molecule has 0 saturated carbocycles. The molecule has 82 valence electrons. The summed E-state index contributed by atoms with van der Waals surface area (Å²) in [4.78, 5) is 0. The monoisotopic (exact) mass is 318 g/mol. The molecular weight excluding hydrogens is 315 g/mol. The van der Waals surface area contributed by atoms with Crippen molar-refractivity contribution in [3.8, 4) is 11.1 Å². The van der Waals surface area contributed by atoms with Gasteiger partial charge in [0.1, 0.15) is 15.6 Å². The Morgan fingerprint density at radius 2 is 2.12 bits per heavy atom. The Bertz CT molecular complexity index is 600. The van der Waals surface area contributed by atoms with Crippen molar-refractivity contribution in [2.45, 2.75) is 0 Å². The van der Waals surface area contributed by atoms with Gasteiger partial charge < -0.3 is 0 Å². The van der Waals surface area contributed by atoms with Crippen molar-refractivity contribution in [1.82, 2.24) is 10.2 Å². The minimum Gasteiger partial charge on any atom is -0.266 e. The van der Waals surface area contributed by atoms with Gasteiger partial charge in [-0.25, -0.2) is 4.39 Å². The summed E-state index contributed by atoms with van der Waals surface area (Å²) in [5, 5.41) is 6.52. The molecule has 2 rings (SSSR count). The summed E-state index contributed by atoms with van der Waals surface area (Å²) in [7, 11) is 0. The Hall–Kier alpha value is -0.780. The molecule has 1 heterocycles. The molecule has 0 bridgehead atoms. The van der Waals surface area contributed by atoms with Gasteiger partial charge >= 0.3 is 0 Å². The van der Waals surface area contributed by atoms with Crippen LogP contribution in [0.25, 0.3) is 11.1 Å². The number of nitrogens with one attached hydrogen (secondary N) is 1. The first-order valence-corrected chi connectivity index (χ1v) is 5.87. The van der Waals surface area contributed by atoms with E-state index in [0.29, 0.717) is 20.2 Å². The van der Waals surface area contributed by atoms with Gasteiger partial charge in [-0.15, -0.1) is 0 Å². The normalized spacial score (nSPS) is 10.4. The molecule has 0 aliphatic carbocycles. The molecule has 2 aromatic rings. The quantitative estimate of drug-likeness (QED) is 0.791. The molecule has 0 fully saturated rings. The van der Waals surface area contributed by atoms with E-state index in [9.17, 15) is 4.39 Å². The standard InChI is InChI=1S/C10H5BrClFN2S/c11-7-3-1-2-5(9(7)13)6-4-8(12)14-15-10(6)16/h1-4H,(H,15,16). The fourth-order valence-electron chi connectivity index (χ4n) is 1.29. The molecule has 0 amide bonds. The molecule has 0 saturated heterocycles. The van der Waals surface area contributed by atoms with Crippen LogP contribution in [0.4, 0.5) is 4.39 Å². The van der Waals surface area contributed by atoms with Crippen LogP contribution in [-0.2, 0) is 0 Å². The number of aromatic amines is 1. The number of aromatic nitrogens is 2. The van der Waals surface area contributed by atoms with Gasteiger partial charge in [0.05, 0.1) is 4.47 Å². The summed E-state index contributed by atoms with van der Waals surface area (Å²) in [6, 6.07) is 6.51. The predicted molar refractivity (Wildman–Crippen MR) is 67.5 cm³/mol. The first kappa shape index (κ1) is 11.7. The third-order valence-electron chi connectivity index (χ3n) is 2.01. The number of benzene rings is 1. The van der Waals surface area contributed by atoms with Crippen molar-refractivity contribution in [1.29, 1.82) is 0 Å². The van der Waals surface area contributed by atoms with Crippen LogP contribution in [0.3, 0.4) is 0 Å². The van der Waals surface area contributed by atoms with Crippen molar-refractivity contribution in [3.63, 3.8) is 0 Å². The number of H-pyrrole nitrogens is 1. The second-order valence-corrected chi connectivity index (χ2v) is 4.68. The average molecular weight is 320 g/mol. The van der Waals surface area contributed by atoms with Crippen LogP contribution in [0.5, 0.6) is 0 Å². The maximum Gasteiger partial charge on any atom is 0.150 e. The molecule has 0 unspecified atom stereocenters. The van der Waals surface area contributed by atoms with E-state index in [-0.39, 0.29) is 11.0 Å². The third kappa shape index (κ3) is 2.16. The molecule has 16 heavy (non-hydrogen) atoms. The molecule has 1 N–H and O–H groups in total. The number of hydrogen-bond donors (Lipinski definition) is 1. The first-order chi connectivity index (χ1) is 7.59. The van der Waals surface area contributed by atoms with E-state index in [0.717, 1.165) is 0 Å². The van der Waals surface area contributed by atoms with Gasteiger partial charge in [0, 0.05) is 11.1 Å². The van der Waals surface area contributed by atoms with Crippen molar-refractivity contribution in [2.75, 3.05) is 0 Å². The van der Waals surface area contributed by atoms with Crippen LogP contribution in [0.15, 0.2) is 28.7 Å². The summed E-state index contributed by atoms with van der Waals surface area (Å²) in [5.41, 5.74) is 0.911. The van der Waals surface area contributed by atoms with Crippen LogP contribution in [0, 0.1) is 10.5 Å². The fourth-order valence-corrected chi connectivity index (χ4v) is 2.03. The Kier molecular flexibility index (Phi) is 3.37. The van der Waals surface area contributed by atoms with Crippen molar-refractivity contribution >= 4 is 39.7 Å². The van der Waals surface area contributed by atoms with Crippen LogP contribution >= 0.6 is 39.7 Å². The molecule has 1 aromatic heterocycles. The second kappa shape index (κ2) is 4.61. The summed E-state index contributed by atoms with van der Waals surface area (Å²) >= 11 is 13.9. The highest BCUT2D eigenvalue weighted by Crippen LogP contribution is 2.28. The van der Waals surface area contributed by atoms with Gasteiger partial charge in [-0.1, -0.05) is 36.0 Å². The van der Waals surface area contributed by atoms with Crippen molar-refractivity contribution in [3.05, 3.63) is 44.3 Å². The van der Waals surface area contributed by atoms with E-state index in [2.05, 4.69) is 26.1 Å². The van der Waals surface area contributed by atoms with Gasteiger partial charge in [0.15, 0.2) is 0 Å². The molecule has 1 aromatic carbocycles. The van der Waals surface area contributed by atoms with Crippen molar-refractivity contribution < 1.29 is 4.39 Å². The lowest BCUT2D eigenvalue weighted by molar-refractivity contribution is 0.624. The fraction of sp³-hybridized carbons (Fsp3) is 0. The van der Waals surface area contributed by atoms with E-state index in [4.69, 9.17) is 23.8 Å². The van der Waals surface area contributed by atoms with Gasteiger partial charge in [-0.2, -0.15) is 5.10 Å². The SMILES string of the molecule is Fc1c(Br)cccc1-c1cc(Cl)n[nH]c1=S. The van der Waals surface area contributed by atoms with E-state index < -0.39 is 0 Å². The van der Waals surface area contributed by atoms with Crippen LogP contribution < -0.4 is 0 Å². The minimum atomic E-state index is -0.371. The zero-order valence-corrected chi connectivity index (χ0v) is 11.0. The molecule has 2 nitrogen and oxygen atoms in total. The van der Waals surface area contributed by atoms with Gasteiger partial charge in [0.2, 0.25) is 0 Å². The Labute approximate surface area is 110 Å². The summed E-state index contributed by atoms with van der Waals surface area (Å²) in [6.07, 6.45) is 0. The second-order valence-electron chi connectivity index (χ2n) is 3.03. The Morgan fingerprint density at radius 3 is 2.88 bits per heavy atom. The number of rotatable bonds is 1. The Balaban J connectivity index is 2.72. The van der Waals surface area contributed by atoms with E-state index >= 15 is 0 Å². The lowest BCUT2D eigenvalue weighted by atomic mass is 10.1. The summed E-state index contributed by atoms with van der Waals surface area (Å²) in [5.74, 6) is -0.371. The molecule has 0 aliphatic heterocycles. The number of halogens is 3. The zero-order chi connectivity index (χ0) is 11.7. The summed E-state index contributed by atoms with van der Waals surface area (Å²) < 4.78 is 14.6. The molecule has 6 heteroatoms. The topological polar surface area (TPSA) is 28.7 Å². The average Bonchev–Trinajstić information content (AvgIpc) is 2.26. The molecule has 0 atom stereocenters. The number of hydrogen-bond acceptors (Lipinski definition) is 2. The molecular formula is C10H5BrClFN2S. The first-order valence-electron chi connectivity index (χ1n) is 4.29. The number of nitrogens with zero attached hydrogens (tertiary/aromatic N) is 1. The highest BCUT2D eigenvalue weighted by molar-refractivity contribution is 9.10. The van der Waals surface area contributed by atoms with E-state index in [1.54, 1.807) is 18.2 Å². The third-order valence-corrected chi connectivity index (χ3v) is 3.13. The predicted octanol–water partition coefficient (Wildman–Crippen LogP) is 4.36. The zero-order valence-electron chi connectivity index (χ0n) is 7.80. The molecule has 0 aliphatic rings. The summed E-state index contributed by atoms with van der Waals surface area (Å²) in [6.45, 7) is 0. The highest BCUT2D eigenvalue weighted by Gasteiger charge is 2.10. The van der Waals surface area contributed by atoms with Gasteiger partial charge in [-0.3, -0.25) is 5.10 Å². The van der Waals surface area contributed by atoms with Crippen LogP contribution in [-0.4, -0.2) is 10.2 Å². The van der Waals surface area contributed by atoms with Crippen molar-refractivity contribution in [2.24, 2.45) is 0 Å². The van der Waals surface area contributed by atoms with Crippen LogP contribution in [0.1, 0.15) is 0 Å². The Morgan fingerprint density at radius 1 is 1.38 bits per heavy atom. The molecule has 0 spiro atoms. The lowest BCUT2D eigenvalue weighted by Crippen LogP contribution is -1.91. The van der Waals surface area contributed by atoms with E-state index in [1.807, 2.05) is 0 Å². The maximum atomic E-state index is 13.8. The smallest absolute Gasteiger partial charge is 0.150 e. The van der Waals surface area contributed by atoms with Crippen LogP contribution in [0.2, 0.25) is 5.15 Å².